The van der Waals surface area contributed by atoms with Crippen LogP contribution in [0, 0.1) is 3.57 Å². The van der Waals surface area contributed by atoms with Crippen molar-refractivity contribution in [1.29, 1.82) is 0 Å². The second-order valence-electron chi connectivity index (χ2n) is 2.59. The van der Waals surface area contributed by atoms with Gasteiger partial charge in [0.15, 0.2) is 0 Å². The van der Waals surface area contributed by atoms with Crippen molar-refractivity contribution in [3.8, 4) is 11.5 Å². The van der Waals surface area contributed by atoms with Gasteiger partial charge in [0.2, 0.25) is 0 Å². The maximum Gasteiger partial charge on any atom is 0.341 e. The largest absolute Gasteiger partial charge is 0.506 e. The Hall–Kier alpha value is -0.500. The van der Waals surface area contributed by atoms with Crippen molar-refractivity contribution in [2.24, 2.45) is 0 Å². The number of hydrogen-bond acceptors (Lipinski definition) is 4. The molecule has 82 valence electrons. The van der Waals surface area contributed by atoms with Crippen LogP contribution in [0.1, 0.15) is 10.4 Å². The Morgan fingerprint density at radius 1 is 1.53 bits per heavy atom. The summed E-state index contributed by atoms with van der Waals surface area (Å²) in [6, 6.07) is 1.46. The smallest absolute Gasteiger partial charge is 0.341 e. The van der Waals surface area contributed by atoms with Gasteiger partial charge in [-0.25, -0.2) is 4.79 Å². The number of phenolic OH excluding ortho intramolecular Hbond substituents is 1. The molecular weight excluding hydrogens is 379 g/mol. The Bertz CT molecular complexity index is 406. The topological polar surface area (TPSA) is 55.8 Å². The number of hydrogen-bond donors (Lipinski definition) is 1. The molecule has 0 aliphatic rings. The van der Waals surface area contributed by atoms with E-state index in [2.05, 4.69) is 20.7 Å². The number of phenols is 1. The molecule has 1 aromatic rings. The first kappa shape index (κ1) is 12.6. The Labute approximate surface area is 109 Å². The van der Waals surface area contributed by atoms with E-state index in [-0.39, 0.29) is 11.3 Å². The van der Waals surface area contributed by atoms with Gasteiger partial charge in [-0.3, -0.25) is 0 Å². The van der Waals surface area contributed by atoms with E-state index >= 15 is 0 Å². The lowest BCUT2D eigenvalue weighted by molar-refractivity contribution is 0.0597. The first-order valence-electron chi connectivity index (χ1n) is 3.86. The minimum Gasteiger partial charge on any atom is -0.506 e. The first-order chi connectivity index (χ1) is 7.02. The molecule has 1 rings (SSSR count). The Morgan fingerprint density at radius 3 is 2.60 bits per heavy atom. The highest BCUT2D eigenvalue weighted by molar-refractivity contribution is 14.1. The van der Waals surface area contributed by atoms with E-state index < -0.39 is 5.97 Å². The maximum atomic E-state index is 11.3. The summed E-state index contributed by atoms with van der Waals surface area (Å²) in [7, 11) is 2.74. The molecule has 0 aromatic heterocycles. The lowest BCUT2D eigenvalue weighted by Crippen LogP contribution is -2.03. The zero-order valence-electron chi connectivity index (χ0n) is 8.01. The molecule has 15 heavy (non-hydrogen) atoms. The Balaban J connectivity index is 3.40. The van der Waals surface area contributed by atoms with Gasteiger partial charge in [0.25, 0.3) is 0 Å². The molecule has 0 spiro atoms. The van der Waals surface area contributed by atoms with E-state index in [4.69, 9.17) is 4.74 Å². The van der Waals surface area contributed by atoms with Gasteiger partial charge < -0.3 is 14.6 Å². The molecule has 0 amide bonds. The molecule has 0 saturated carbocycles. The number of aromatic hydroxyl groups is 1. The molecule has 1 N–H and O–H groups in total. The SMILES string of the molecule is COC(=O)c1cc(Br)c(OC)c(I)c1O. The fourth-order valence-electron chi connectivity index (χ4n) is 1.04. The van der Waals surface area contributed by atoms with Crippen molar-refractivity contribution in [3.05, 3.63) is 19.7 Å². The highest BCUT2D eigenvalue weighted by Gasteiger charge is 2.20. The lowest BCUT2D eigenvalue weighted by atomic mass is 10.2. The maximum absolute atomic E-state index is 11.3. The monoisotopic (exact) mass is 386 g/mol. The quantitative estimate of drug-likeness (QED) is 0.627. The van der Waals surface area contributed by atoms with Crippen LogP contribution < -0.4 is 4.74 Å². The van der Waals surface area contributed by atoms with Crippen LogP contribution in [0.25, 0.3) is 0 Å². The van der Waals surface area contributed by atoms with Crippen molar-refractivity contribution in [1.82, 2.24) is 0 Å². The second-order valence-corrected chi connectivity index (χ2v) is 4.53. The van der Waals surface area contributed by atoms with Crippen LogP contribution in [0.5, 0.6) is 11.5 Å². The highest BCUT2D eigenvalue weighted by atomic mass is 127. The normalized spacial score (nSPS) is 9.87. The van der Waals surface area contributed by atoms with Gasteiger partial charge in [-0.2, -0.15) is 0 Å². The molecule has 0 bridgehead atoms. The number of halogens is 2. The number of carbonyl (C=O) groups excluding carboxylic acids is 1. The molecule has 0 radical (unpaired) electrons. The summed E-state index contributed by atoms with van der Waals surface area (Å²) < 4.78 is 10.6. The fraction of sp³-hybridized carbons (Fsp3) is 0.222. The molecule has 0 unspecified atom stereocenters. The number of ether oxygens (including phenoxy) is 2. The molecule has 1 aromatic carbocycles. The predicted octanol–water partition coefficient (Wildman–Crippen LogP) is 2.55. The number of carbonyl (C=O) groups is 1. The molecule has 0 aliphatic carbocycles. The molecular formula is C9H8BrIO4. The summed E-state index contributed by atoms with van der Waals surface area (Å²) in [5.74, 6) is -0.239. The van der Waals surface area contributed by atoms with Crippen LogP contribution >= 0.6 is 38.5 Å². The standard InChI is InChI=1S/C9H8BrIO4/c1-14-8-5(10)3-4(9(13)15-2)7(12)6(8)11/h3,12H,1-2H3. The van der Waals surface area contributed by atoms with Crippen LogP contribution in [-0.4, -0.2) is 25.3 Å². The van der Waals surface area contributed by atoms with Gasteiger partial charge in [-0.05, 0) is 44.6 Å². The van der Waals surface area contributed by atoms with Crippen molar-refractivity contribution in [3.63, 3.8) is 0 Å². The zero-order valence-corrected chi connectivity index (χ0v) is 11.7. The third-order valence-electron chi connectivity index (χ3n) is 1.76. The molecule has 4 nitrogen and oxygen atoms in total. The summed E-state index contributed by atoms with van der Waals surface area (Å²) in [6.07, 6.45) is 0. The second kappa shape index (κ2) is 5.02. The zero-order chi connectivity index (χ0) is 11.6. The van der Waals surface area contributed by atoms with E-state index in [9.17, 15) is 9.90 Å². The molecule has 0 saturated heterocycles. The van der Waals surface area contributed by atoms with Crippen molar-refractivity contribution in [2.75, 3.05) is 14.2 Å². The number of rotatable bonds is 2. The lowest BCUT2D eigenvalue weighted by Gasteiger charge is -2.10. The number of methoxy groups -OCH3 is 2. The van der Waals surface area contributed by atoms with Crippen LogP contribution in [0.4, 0.5) is 0 Å². The van der Waals surface area contributed by atoms with E-state index in [0.29, 0.717) is 13.8 Å². The van der Waals surface area contributed by atoms with Crippen LogP contribution in [0.2, 0.25) is 0 Å². The van der Waals surface area contributed by atoms with Crippen molar-refractivity contribution < 1.29 is 19.4 Å². The Morgan fingerprint density at radius 2 is 2.13 bits per heavy atom. The third-order valence-corrected chi connectivity index (χ3v) is 3.35. The van der Waals surface area contributed by atoms with Crippen LogP contribution in [0.3, 0.4) is 0 Å². The molecule has 0 atom stereocenters. The molecule has 6 heteroatoms. The minimum atomic E-state index is -0.589. The third kappa shape index (κ3) is 2.36. The average molecular weight is 387 g/mol. The highest BCUT2D eigenvalue weighted by Crippen LogP contribution is 2.38. The van der Waals surface area contributed by atoms with Crippen LogP contribution in [0.15, 0.2) is 10.5 Å². The van der Waals surface area contributed by atoms with Gasteiger partial charge in [0.05, 0.1) is 22.3 Å². The Kier molecular flexibility index (Phi) is 4.21. The van der Waals surface area contributed by atoms with Crippen LogP contribution in [-0.2, 0) is 4.74 Å². The van der Waals surface area contributed by atoms with E-state index in [0.717, 1.165) is 0 Å². The molecule has 0 heterocycles. The fourth-order valence-corrected chi connectivity index (χ4v) is 2.80. The molecule has 0 fully saturated rings. The summed E-state index contributed by atoms with van der Waals surface area (Å²) in [6.45, 7) is 0. The summed E-state index contributed by atoms with van der Waals surface area (Å²) in [5.41, 5.74) is 0.106. The van der Waals surface area contributed by atoms with Gasteiger partial charge in [-0.1, -0.05) is 0 Å². The van der Waals surface area contributed by atoms with Crippen molar-refractivity contribution >= 4 is 44.5 Å². The van der Waals surface area contributed by atoms with Gasteiger partial charge in [0, 0.05) is 0 Å². The van der Waals surface area contributed by atoms with E-state index in [1.54, 1.807) is 0 Å². The van der Waals surface area contributed by atoms with E-state index in [1.807, 2.05) is 22.6 Å². The van der Waals surface area contributed by atoms with E-state index in [1.165, 1.54) is 20.3 Å². The molecule has 0 aliphatic heterocycles. The summed E-state index contributed by atoms with van der Waals surface area (Å²) >= 11 is 5.13. The van der Waals surface area contributed by atoms with Crippen molar-refractivity contribution in [2.45, 2.75) is 0 Å². The first-order valence-corrected chi connectivity index (χ1v) is 5.73. The minimum absolute atomic E-state index is 0.106. The van der Waals surface area contributed by atoms with Gasteiger partial charge >= 0.3 is 5.97 Å². The summed E-state index contributed by atoms with van der Waals surface area (Å²) in [5, 5.41) is 9.73. The predicted molar refractivity (Wildman–Crippen MR) is 66.4 cm³/mol. The average Bonchev–Trinajstić information content (AvgIpc) is 2.23. The van der Waals surface area contributed by atoms with Gasteiger partial charge in [-0.15, -0.1) is 0 Å². The summed E-state index contributed by atoms with van der Waals surface area (Å²) in [4.78, 5) is 11.3. The number of esters is 1. The van der Waals surface area contributed by atoms with Gasteiger partial charge in [0.1, 0.15) is 17.1 Å². The number of benzene rings is 1.